The van der Waals surface area contributed by atoms with Crippen LogP contribution in [-0.4, -0.2) is 29.4 Å². The van der Waals surface area contributed by atoms with Gasteiger partial charge in [-0.05, 0) is 30.5 Å². The molecule has 0 atom stereocenters. The first kappa shape index (κ1) is 11.9. The normalized spacial score (nSPS) is 10.4. The summed E-state index contributed by atoms with van der Waals surface area (Å²) in [5, 5.41) is 3.88. The fraction of sp³-hybridized carbons (Fsp3) is 0.231. The van der Waals surface area contributed by atoms with Crippen molar-refractivity contribution in [2.45, 2.75) is 0 Å². The zero-order valence-corrected chi connectivity index (χ0v) is 10.5. The van der Waals surface area contributed by atoms with Crippen LogP contribution >= 0.6 is 11.8 Å². The number of benzene rings is 1. The van der Waals surface area contributed by atoms with E-state index in [1.807, 2.05) is 36.6 Å². The second kappa shape index (κ2) is 5.68. The Hall–Kier alpha value is -1.55. The van der Waals surface area contributed by atoms with Crippen molar-refractivity contribution in [1.82, 2.24) is 10.3 Å². The number of nitrogens with one attached hydrogen (secondary N) is 1. The van der Waals surface area contributed by atoms with Crippen molar-refractivity contribution < 1.29 is 4.79 Å². The molecular weight excluding hydrogens is 232 g/mol. The zero-order valence-electron chi connectivity index (χ0n) is 9.64. The minimum atomic E-state index is -0.0233. The molecule has 1 N–H and O–H groups in total. The highest BCUT2D eigenvalue weighted by Crippen LogP contribution is 2.13. The van der Waals surface area contributed by atoms with Gasteiger partial charge in [-0.1, -0.05) is 6.07 Å². The van der Waals surface area contributed by atoms with E-state index in [4.69, 9.17) is 0 Å². The first-order valence-electron chi connectivity index (χ1n) is 5.43. The Labute approximate surface area is 105 Å². The maximum absolute atomic E-state index is 11.8. The lowest BCUT2D eigenvalue weighted by Crippen LogP contribution is -2.25. The average molecular weight is 246 g/mol. The Balaban J connectivity index is 2.15. The molecule has 0 fully saturated rings. The van der Waals surface area contributed by atoms with E-state index >= 15 is 0 Å². The largest absolute Gasteiger partial charge is 0.351 e. The summed E-state index contributed by atoms with van der Waals surface area (Å²) in [6.07, 6.45) is 3.77. The molecule has 3 nitrogen and oxygen atoms in total. The molecule has 0 saturated carbocycles. The quantitative estimate of drug-likeness (QED) is 0.842. The standard InChI is InChI=1S/C13H14N2OS/c1-17-8-7-15-13(16)11-4-5-12-10(9-11)3-2-6-14-12/h2-6,9H,7-8H2,1H3,(H,15,16). The van der Waals surface area contributed by atoms with Crippen LogP contribution in [0.2, 0.25) is 0 Å². The van der Waals surface area contributed by atoms with Crippen molar-refractivity contribution in [2.75, 3.05) is 18.6 Å². The number of amides is 1. The molecule has 4 heteroatoms. The Morgan fingerprint density at radius 1 is 1.41 bits per heavy atom. The Morgan fingerprint density at radius 3 is 3.12 bits per heavy atom. The van der Waals surface area contributed by atoms with Crippen LogP contribution in [0.15, 0.2) is 36.5 Å². The number of fused-ring (bicyclic) bond motifs is 1. The number of carbonyl (C=O) groups excluding carboxylic acids is 1. The predicted molar refractivity (Wildman–Crippen MR) is 72.5 cm³/mol. The molecule has 0 aliphatic heterocycles. The van der Waals surface area contributed by atoms with Gasteiger partial charge in [-0.15, -0.1) is 0 Å². The van der Waals surface area contributed by atoms with E-state index < -0.39 is 0 Å². The lowest BCUT2D eigenvalue weighted by molar-refractivity contribution is 0.0956. The third-order valence-electron chi connectivity index (χ3n) is 2.46. The van der Waals surface area contributed by atoms with Crippen LogP contribution in [0.5, 0.6) is 0 Å². The number of pyridine rings is 1. The zero-order chi connectivity index (χ0) is 12.1. The van der Waals surface area contributed by atoms with Gasteiger partial charge in [0, 0.05) is 29.4 Å². The van der Waals surface area contributed by atoms with E-state index in [0.29, 0.717) is 12.1 Å². The van der Waals surface area contributed by atoms with E-state index in [0.717, 1.165) is 16.7 Å². The summed E-state index contributed by atoms with van der Waals surface area (Å²) in [7, 11) is 0. The third-order valence-corrected chi connectivity index (χ3v) is 3.07. The van der Waals surface area contributed by atoms with Crippen LogP contribution in [0, 0.1) is 0 Å². The molecule has 17 heavy (non-hydrogen) atoms. The van der Waals surface area contributed by atoms with Crippen molar-refractivity contribution >= 4 is 28.6 Å². The lowest BCUT2D eigenvalue weighted by Gasteiger charge is -2.05. The van der Waals surface area contributed by atoms with Crippen LogP contribution in [0.25, 0.3) is 10.9 Å². The van der Waals surface area contributed by atoms with Gasteiger partial charge < -0.3 is 5.32 Å². The minimum absolute atomic E-state index is 0.0233. The van der Waals surface area contributed by atoms with Crippen LogP contribution in [0.1, 0.15) is 10.4 Å². The number of carbonyl (C=O) groups is 1. The maximum Gasteiger partial charge on any atom is 0.251 e. The number of rotatable bonds is 4. The number of nitrogens with zero attached hydrogens (tertiary/aromatic N) is 1. The van der Waals surface area contributed by atoms with Gasteiger partial charge in [0.2, 0.25) is 0 Å². The van der Waals surface area contributed by atoms with E-state index in [1.165, 1.54) is 0 Å². The number of hydrogen-bond acceptors (Lipinski definition) is 3. The van der Waals surface area contributed by atoms with Gasteiger partial charge in [-0.25, -0.2) is 0 Å². The van der Waals surface area contributed by atoms with Crippen molar-refractivity contribution in [3.63, 3.8) is 0 Å². The molecular formula is C13H14N2OS. The van der Waals surface area contributed by atoms with Crippen molar-refractivity contribution in [3.05, 3.63) is 42.1 Å². The van der Waals surface area contributed by atoms with Crippen LogP contribution in [0.4, 0.5) is 0 Å². The molecule has 1 heterocycles. The highest BCUT2D eigenvalue weighted by molar-refractivity contribution is 7.98. The summed E-state index contributed by atoms with van der Waals surface area (Å²) in [6, 6.07) is 9.39. The third kappa shape index (κ3) is 2.97. The molecule has 0 unspecified atom stereocenters. The topological polar surface area (TPSA) is 42.0 Å². The summed E-state index contributed by atoms with van der Waals surface area (Å²) in [4.78, 5) is 16.0. The molecule has 88 valence electrons. The lowest BCUT2D eigenvalue weighted by atomic mass is 10.1. The predicted octanol–water partition coefficient (Wildman–Crippen LogP) is 2.33. The van der Waals surface area contributed by atoms with Gasteiger partial charge in [0.25, 0.3) is 5.91 Å². The highest BCUT2D eigenvalue weighted by Gasteiger charge is 2.05. The molecule has 1 aromatic carbocycles. The molecule has 0 radical (unpaired) electrons. The summed E-state index contributed by atoms with van der Waals surface area (Å²) in [5.74, 6) is 0.908. The number of thioether (sulfide) groups is 1. The molecule has 2 rings (SSSR count). The van der Waals surface area contributed by atoms with Crippen LogP contribution in [0.3, 0.4) is 0 Å². The fourth-order valence-corrected chi connectivity index (χ4v) is 1.89. The average Bonchev–Trinajstić information content (AvgIpc) is 2.38. The smallest absolute Gasteiger partial charge is 0.251 e. The summed E-state index contributed by atoms with van der Waals surface area (Å²) in [5.41, 5.74) is 1.60. The van der Waals surface area contributed by atoms with Crippen molar-refractivity contribution in [1.29, 1.82) is 0 Å². The van der Waals surface area contributed by atoms with Crippen molar-refractivity contribution in [3.8, 4) is 0 Å². The van der Waals surface area contributed by atoms with Gasteiger partial charge in [-0.2, -0.15) is 11.8 Å². The molecule has 0 spiro atoms. The highest BCUT2D eigenvalue weighted by atomic mass is 32.2. The van der Waals surface area contributed by atoms with Gasteiger partial charge in [0.05, 0.1) is 5.52 Å². The van der Waals surface area contributed by atoms with Crippen LogP contribution in [-0.2, 0) is 0 Å². The molecule has 1 aromatic heterocycles. The molecule has 0 saturated heterocycles. The molecule has 0 aliphatic carbocycles. The first-order chi connectivity index (χ1) is 8.31. The Morgan fingerprint density at radius 2 is 2.29 bits per heavy atom. The van der Waals surface area contributed by atoms with Gasteiger partial charge in [0.15, 0.2) is 0 Å². The van der Waals surface area contributed by atoms with E-state index in [9.17, 15) is 4.79 Å². The van der Waals surface area contributed by atoms with Crippen LogP contribution < -0.4 is 5.32 Å². The molecule has 0 bridgehead atoms. The second-order valence-electron chi connectivity index (χ2n) is 3.66. The second-order valence-corrected chi connectivity index (χ2v) is 4.65. The summed E-state index contributed by atoms with van der Waals surface area (Å²) >= 11 is 1.72. The molecule has 2 aromatic rings. The summed E-state index contributed by atoms with van der Waals surface area (Å²) < 4.78 is 0. The SMILES string of the molecule is CSCCNC(=O)c1ccc2ncccc2c1. The van der Waals surface area contributed by atoms with E-state index in [-0.39, 0.29) is 5.91 Å². The van der Waals surface area contributed by atoms with Gasteiger partial charge >= 0.3 is 0 Å². The number of hydrogen-bond donors (Lipinski definition) is 1. The fourth-order valence-electron chi connectivity index (χ4n) is 1.59. The van der Waals surface area contributed by atoms with Gasteiger partial charge in [-0.3, -0.25) is 9.78 Å². The first-order valence-corrected chi connectivity index (χ1v) is 6.82. The minimum Gasteiger partial charge on any atom is -0.351 e. The summed E-state index contributed by atoms with van der Waals surface area (Å²) in [6.45, 7) is 0.699. The van der Waals surface area contributed by atoms with E-state index in [1.54, 1.807) is 18.0 Å². The molecule has 1 amide bonds. The van der Waals surface area contributed by atoms with Gasteiger partial charge in [0.1, 0.15) is 0 Å². The Kier molecular flexibility index (Phi) is 3.98. The molecule has 0 aliphatic rings. The monoisotopic (exact) mass is 246 g/mol. The van der Waals surface area contributed by atoms with Crippen molar-refractivity contribution in [2.24, 2.45) is 0 Å². The Bertz CT molecular complexity index is 528. The van der Waals surface area contributed by atoms with E-state index in [2.05, 4.69) is 10.3 Å². The maximum atomic E-state index is 11.8. The number of aromatic nitrogens is 1.